The fraction of sp³-hybridized carbons (Fsp3) is 0.548. The van der Waals surface area contributed by atoms with Crippen molar-refractivity contribution in [1.82, 2.24) is 14.9 Å². The average Bonchev–Trinajstić information content (AvgIpc) is 3.40. The number of fused-ring (bicyclic) bond motifs is 1. The molecule has 0 aliphatic carbocycles. The van der Waals surface area contributed by atoms with E-state index in [1.807, 2.05) is 58.7 Å². The largest absolute Gasteiger partial charge is 0.444 e. The molecular weight excluding hydrogens is 555 g/mol. The van der Waals surface area contributed by atoms with Gasteiger partial charge in [-0.25, -0.2) is 19.2 Å². The van der Waals surface area contributed by atoms with E-state index in [4.69, 9.17) is 19.4 Å². The average molecular weight is 595 g/mol. The predicted molar refractivity (Wildman–Crippen MR) is 163 cm³/mol. The number of carbonyl (C=O) groups is 1. The van der Waals surface area contributed by atoms with Gasteiger partial charge in [0, 0.05) is 69.1 Å². The second-order valence-electron chi connectivity index (χ2n) is 12.3. The van der Waals surface area contributed by atoms with Crippen LogP contribution in [-0.2, 0) is 9.47 Å². The van der Waals surface area contributed by atoms with Crippen LogP contribution < -0.4 is 9.80 Å². The molecule has 9 nitrogen and oxygen atoms in total. The van der Waals surface area contributed by atoms with Gasteiger partial charge in [0.05, 0.1) is 11.4 Å². The second kappa shape index (κ2) is 12.0. The number of amides is 1. The number of nitriles is 1. The van der Waals surface area contributed by atoms with Gasteiger partial charge in [-0.3, -0.25) is 0 Å². The lowest BCUT2D eigenvalue weighted by molar-refractivity contribution is 0.0240. The van der Waals surface area contributed by atoms with Crippen molar-refractivity contribution in [3.8, 4) is 6.07 Å². The Hall–Kier alpha value is -3.49. The zero-order valence-corrected chi connectivity index (χ0v) is 26.1. The topological polar surface area (TPSA) is 94.8 Å². The van der Waals surface area contributed by atoms with Crippen molar-refractivity contribution in [3.63, 3.8) is 0 Å². The molecule has 0 spiro atoms. The van der Waals surface area contributed by atoms with Gasteiger partial charge in [-0.2, -0.15) is 5.26 Å². The van der Waals surface area contributed by atoms with Crippen LogP contribution in [0, 0.1) is 17.1 Å². The highest BCUT2D eigenvalue weighted by molar-refractivity contribution is 7.16. The van der Waals surface area contributed by atoms with Crippen molar-refractivity contribution in [2.24, 2.45) is 0 Å². The molecule has 224 valence electrons. The van der Waals surface area contributed by atoms with Gasteiger partial charge >= 0.3 is 6.09 Å². The standard InChI is InChI=1S/C31H39FN6O3S/c1-19(2)24-17-25(36(6)29-35-27(26(18-33)42-29)20-7-13-40-14-8-20)22-15-21(16-23(32)28(22)34-24)37-9-11-38(12-10-37)30(39)41-31(3,4)5/h15-17,19-20H,7-14H2,1-6H3. The highest BCUT2D eigenvalue weighted by atomic mass is 32.1. The number of hydrogen-bond donors (Lipinski definition) is 0. The first kappa shape index (κ1) is 30.0. The lowest BCUT2D eigenvalue weighted by Gasteiger charge is -2.37. The molecule has 2 aromatic heterocycles. The zero-order valence-electron chi connectivity index (χ0n) is 25.2. The van der Waals surface area contributed by atoms with Crippen LogP contribution in [0.5, 0.6) is 0 Å². The summed E-state index contributed by atoms with van der Waals surface area (Å²) in [5.74, 6) is -0.116. The number of hydrogen-bond acceptors (Lipinski definition) is 9. The van der Waals surface area contributed by atoms with Crippen LogP contribution in [0.4, 0.5) is 25.7 Å². The summed E-state index contributed by atoms with van der Waals surface area (Å²) in [6.45, 7) is 13.0. The van der Waals surface area contributed by atoms with Crippen LogP contribution in [0.3, 0.4) is 0 Å². The molecule has 2 aliphatic rings. The second-order valence-corrected chi connectivity index (χ2v) is 13.2. The molecule has 0 unspecified atom stereocenters. The number of carbonyl (C=O) groups excluding carboxylic acids is 1. The van der Waals surface area contributed by atoms with Crippen molar-refractivity contribution in [3.05, 3.63) is 40.3 Å². The Bertz CT molecular complexity index is 1500. The van der Waals surface area contributed by atoms with Gasteiger partial charge in [-0.1, -0.05) is 25.2 Å². The number of halogens is 1. The Morgan fingerprint density at radius 2 is 1.86 bits per heavy atom. The molecule has 0 N–H and O–H groups in total. The molecule has 0 saturated carbocycles. The van der Waals surface area contributed by atoms with Gasteiger partial charge in [-0.15, -0.1) is 0 Å². The first-order valence-electron chi connectivity index (χ1n) is 14.5. The molecule has 2 aliphatic heterocycles. The van der Waals surface area contributed by atoms with E-state index in [2.05, 4.69) is 11.0 Å². The van der Waals surface area contributed by atoms with Gasteiger partial charge in [0.25, 0.3) is 0 Å². The van der Waals surface area contributed by atoms with E-state index >= 15 is 4.39 Å². The van der Waals surface area contributed by atoms with Crippen LogP contribution in [0.2, 0.25) is 0 Å². The van der Waals surface area contributed by atoms with Crippen molar-refractivity contribution in [2.45, 2.75) is 64.9 Å². The predicted octanol–water partition coefficient (Wildman–Crippen LogP) is 6.54. The number of piperazine rings is 1. The minimum absolute atomic E-state index is 0.0883. The molecular formula is C31H39FN6O3S. The fourth-order valence-corrected chi connectivity index (χ4v) is 6.32. The summed E-state index contributed by atoms with van der Waals surface area (Å²) in [5, 5.41) is 11.3. The molecule has 0 radical (unpaired) electrons. The van der Waals surface area contributed by atoms with Crippen LogP contribution in [0.15, 0.2) is 18.2 Å². The monoisotopic (exact) mass is 594 g/mol. The summed E-state index contributed by atoms with van der Waals surface area (Å²) in [6, 6.07) is 7.85. The molecule has 42 heavy (non-hydrogen) atoms. The summed E-state index contributed by atoms with van der Waals surface area (Å²) in [5.41, 5.74) is 2.87. The molecule has 1 amide bonds. The van der Waals surface area contributed by atoms with Crippen molar-refractivity contribution >= 4 is 44.8 Å². The van der Waals surface area contributed by atoms with E-state index in [0.29, 0.717) is 60.3 Å². The molecule has 0 atom stereocenters. The number of rotatable bonds is 5. The van der Waals surface area contributed by atoms with E-state index in [1.54, 1.807) is 4.90 Å². The summed E-state index contributed by atoms with van der Waals surface area (Å²) >= 11 is 1.36. The molecule has 3 aromatic rings. The molecule has 0 bridgehead atoms. The Balaban J connectivity index is 1.49. The summed E-state index contributed by atoms with van der Waals surface area (Å²) in [7, 11) is 1.91. The van der Waals surface area contributed by atoms with Gasteiger partial charge in [0.1, 0.15) is 22.1 Å². The quantitative estimate of drug-likeness (QED) is 0.329. The highest BCUT2D eigenvalue weighted by Gasteiger charge is 2.28. The first-order valence-corrected chi connectivity index (χ1v) is 15.4. The van der Waals surface area contributed by atoms with Crippen LogP contribution >= 0.6 is 11.3 Å². The van der Waals surface area contributed by atoms with E-state index < -0.39 is 11.4 Å². The normalized spacial score (nSPS) is 16.6. The SMILES string of the molecule is CC(C)c1cc(N(C)c2nc(C3CCOCC3)c(C#N)s2)c2cc(N3CCN(C(=O)OC(C)(C)C)CC3)cc(F)c2n1. The van der Waals surface area contributed by atoms with E-state index in [-0.39, 0.29) is 17.9 Å². The Kier molecular flexibility index (Phi) is 8.58. The lowest BCUT2D eigenvalue weighted by atomic mass is 9.96. The molecule has 1 aromatic carbocycles. The number of thiazole rings is 1. The Labute approximate surface area is 250 Å². The van der Waals surface area contributed by atoms with Crippen LogP contribution in [-0.4, -0.2) is 73.0 Å². The van der Waals surface area contributed by atoms with Crippen LogP contribution in [0.25, 0.3) is 10.9 Å². The van der Waals surface area contributed by atoms with E-state index in [0.717, 1.165) is 35.6 Å². The van der Waals surface area contributed by atoms with Gasteiger partial charge in [-0.05, 0) is 57.7 Å². The van der Waals surface area contributed by atoms with Gasteiger partial charge in [0.2, 0.25) is 0 Å². The minimum Gasteiger partial charge on any atom is -0.444 e. The third-order valence-electron chi connectivity index (χ3n) is 7.74. The number of anilines is 3. The van der Waals surface area contributed by atoms with Crippen molar-refractivity contribution in [1.29, 1.82) is 5.26 Å². The maximum absolute atomic E-state index is 15.8. The summed E-state index contributed by atoms with van der Waals surface area (Å²) in [6.07, 6.45) is 1.35. The van der Waals surface area contributed by atoms with Gasteiger partial charge in [0.15, 0.2) is 10.9 Å². The lowest BCUT2D eigenvalue weighted by Crippen LogP contribution is -2.50. The number of ether oxygens (including phenoxy) is 2. The third kappa shape index (κ3) is 6.30. The highest BCUT2D eigenvalue weighted by Crippen LogP contribution is 2.40. The molecule has 4 heterocycles. The maximum atomic E-state index is 15.8. The number of nitrogens with zero attached hydrogens (tertiary/aromatic N) is 6. The maximum Gasteiger partial charge on any atom is 0.410 e. The molecule has 11 heteroatoms. The van der Waals surface area contributed by atoms with E-state index in [1.165, 1.54) is 17.4 Å². The summed E-state index contributed by atoms with van der Waals surface area (Å²) in [4.78, 5) is 28.5. The zero-order chi connectivity index (χ0) is 30.2. The fourth-order valence-electron chi connectivity index (χ4n) is 5.40. The molecule has 2 saturated heterocycles. The summed E-state index contributed by atoms with van der Waals surface area (Å²) < 4.78 is 26.8. The van der Waals surface area contributed by atoms with Crippen molar-refractivity contribution < 1.29 is 18.7 Å². The number of aromatic nitrogens is 2. The number of benzene rings is 1. The minimum atomic E-state index is -0.559. The van der Waals surface area contributed by atoms with Gasteiger partial charge < -0.3 is 24.2 Å². The first-order chi connectivity index (χ1) is 19.9. The Morgan fingerprint density at radius 1 is 1.17 bits per heavy atom. The number of pyridine rings is 1. The molecule has 2 fully saturated rings. The Morgan fingerprint density at radius 3 is 2.48 bits per heavy atom. The smallest absolute Gasteiger partial charge is 0.410 e. The third-order valence-corrected chi connectivity index (χ3v) is 8.79. The van der Waals surface area contributed by atoms with Crippen molar-refractivity contribution in [2.75, 3.05) is 56.2 Å². The van der Waals surface area contributed by atoms with Crippen LogP contribution in [0.1, 0.15) is 75.6 Å². The molecule has 5 rings (SSSR count). The van der Waals surface area contributed by atoms with E-state index in [9.17, 15) is 10.1 Å².